The zero-order valence-corrected chi connectivity index (χ0v) is 16.3. The van der Waals surface area contributed by atoms with Crippen LogP contribution in [0.3, 0.4) is 0 Å². The number of aromatic nitrogens is 3. The molecule has 1 aromatic carbocycles. The van der Waals surface area contributed by atoms with Gasteiger partial charge in [-0.2, -0.15) is 0 Å². The van der Waals surface area contributed by atoms with Gasteiger partial charge in [0, 0.05) is 13.6 Å². The van der Waals surface area contributed by atoms with E-state index in [1.54, 1.807) is 12.1 Å². The van der Waals surface area contributed by atoms with Crippen LogP contribution < -0.4 is 0 Å². The SMILES string of the molecule is CSc1nnc([C@H]2CCCN2C(=O)[C@H](c2ccc(F)cc2)N(C)C)n1C. The smallest absolute Gasteiger partial charge is 0.245 e. The van der Waals surface area contributed by atoms with E-state index in [1.165, 1.54) is 23.9 Å². The molecule has 0 saturated carbocycles. The van der Waals surface area contributed by atoms with Crippen LogP contribution in [0, 0.1) is 5.82 Å². The van der Waals surface area contributed by atoms with Crippen molar-refractivity contribution in [3.05, 3.63) is 41.5 Å². The molecule has 140 valence electrons. The Morgan fingerprint density at radius 3 is 2.58 bits per heavy atom. The topological polar surface area (TPSA) is 54.3 Å². The summed E-state index contributed by atoms with van der Waals surface area (Å²) >= 11 is 1.54. The van der Waals surface area contributed by atoms with E-state index in [4.69, 9.17) is 0 Å². The van der Waals surface area contributed by atoms with Crippen molar-refractivity contribution in [2.45, 2.75) is 30.1 Å². The molecular formula is C18H24FN5OS. The Hall–Kier alpha value is -1.93. The van der Waals surface area contributed by atoms with Crippen LogP contribution in [-0.4, -0.2) is 57.4 Å². The van der Waals surface area contributed by atoms with E-state index >= 15 is 0 Å². The monoisotopic (exact) mass is 377 g/mol. The molecule has 26 heavy (non-hydrogen) atoms. The first-order valence-electron chi connectivity index (χ1n) is 8.59. The van der Waals surface area contributed by atoms with Crippen molar-refractivity contribution in [1.29, 1.82) is 0 Å². The largest absolute Gasteiger partial charge is 0.331 e. The highest BCUT2D eigenvalue weighted by Gasteiger charge is 2.38. The third kappa shape index (κ3) is 3.48. The molecule has 2 aromatic rings. The van der Waals surface area contributed by atoms with Gasteiger partial charge in [-0.1, -0.05) is 23.9 Å². The fraction of sp³-hybridized carbons (Fsp3) is 0.500. The van der Waals surface area contributed by atoms with Gasteiger partial charge in [-0.25, -0.2) is 4.39 Å². The van der Waals surface area contributed by atoms with Crippen LogP contribution in [0.2, 0.25) is 0 Å². The molecule has 8 heteroatoms. The fourth-order valence-corrected chi connectivity index (χ4v) is 4.05. The number of hydrogen-bond acceptors (Lipinski definition) is 5. The van der Waals surface area contributed by atoms with E-state index < -0.39 is 6.04 Å². The second-order valence-electron chi connectivity index (χ2n) is 6.71. The lowest BCUT2D eigenvalue weighted by Crippen LogP contribution is -2.40. The van der Waals surface area contributed by atoms with Crippen molar-refractivity contribution >= 4 is 17.7 Å². The van der Waals surface area contributed by atoms with Gasteiger partial charge in [0.1, 0.15) is 11.9 Å². The number of benzene rings is 1. The molecule has 0 spiro atoms. The Bertz CT molecular complexity index is 776. The number of likely N-dealkylation sites (tertiary alicyclic amines) is 1. The lowest BCUT2D eigenvalue weighted by atomic mass is 10.0. The summed E-state index contributed by atoms with van der Waals surface area (Å²) in [4.78, 5) is 17.1. The third-order valence-electron chi connectivity index (χ3n) is 4.82. The number of amides is 1. The van der Waals surface area contributed by atoms with E-state index in [0.717, 1.165) is 29.4 Å². The quantitative estimate of drug-likeness (QED) is 0.750. The predicted octanol–water partition coefficient (Wildman–Crippen LogP) is 2.64. The van der Waals surface area contributed by atoms with E-state index in [1.807, 2.05) is 41.8 Å². The highest BCUT2D eigenvalue weighted by atomic mass is 32.2. The van der Waals surface area contributed by atoms with Crippen LogP contribution >= 0.6 is 11.8 Å². The van der Waals surface area contributed by atoms with Gasteiger partial charge >= 0.3 is 0 Å². The summed E-state index contributed by atoms with van der Waals surface area (Å²) < 4.78 is 15.2. The second kappa shape index (κ2) is 7.75. The van der Waals surface area contributed by atoms with Crippen molar-refractivity contribution in [3.8, 4) is 0 Å². The number of carbonyl (C=O) groups is 1. The van der Waals surface area contributed by atoms with Crippen LogP contribution in [0.5, 0.6) is 0 Å². The molecule has 0 unspecified atom stereocenters. The highest BCUT2D eigenvalue weighted by Crippen LogP contribution is 2.35. The van der Waals surface area contributed by atoms with Crippen molar-refractivity contribution < 1.29 is 9.18 Å². The van der Waals surface area contributed by atoms with E-state index in [0.29, 0.717) is 6.54 Å². The van der Waals surface area contributed by atoms with Crippen LogP contribution in [0.25, 0.3) is 0 Å². The Balaban J connectivity index is 1.90. The van der Waals surface area contributed by atoms with Crippen LogP contribution in [0.1, 0.15) is 36.3 Å². The summed E-state index contributed by atoms with van der Waals surface area (Å²) in [6, 6.07) is 5.62. The number of likely N-dealkylation sites (N-methyl/N-ethyl adjacent to an activating group) is 1. The van der Waals surface area contributed by atoms with E-state index in [2.05, 4.69) is 10.2 Å². The number of nitrogens with zero attached hydrogens (tertiary/aromatic N) is 5. The molecule has 0 radical (unpaired) electrons. The third-order valence-corrected chi connectivity index (χ3v) is 5.54. The number of halogens is 1. The maximum absolute atomic E-state index is 13.4. The lowest BCUT2D eigenvalue weighted by Gasteiger charge is -2.31. The molecule has 0 bridgehead atoms. The molecule has 0 N–H and O–H groups in total. The maximum atomic E-state index is 13.4. The zero-order chi connectivity index (χ0) is 18.8. The Labute approximate surface area is 157 Å². The first kappa shape index (κ1) is 18.8. The summed E-state index contributed by atoms with van der Waals surface area (Å²) in [5.41, 5.74) is 0.787. The number of rotatable bonds is 5. The molecule has 1 saturated heterocycles. The fourth-order valence-electron chi connectivity index (χ4n) is 3.56. The Morgan fingerprint density at radius 1 is 1.31 bits per heavy atom. The molecule has 1 aromatic heterocycles. The molecule has 0 aliphatic carbocycles. The van der Waals surface area contributed by atoms with Gasteiger partial charge in [0.05, 0.1) is 6.04 Å². The van der Waals surface area contributed by atoms with Gasteiger partial charge in [0.25, 0.3) is 0 Å². The predicted molar refractivity (Wildman–Crippen MR) is 99.3 cm³/mol. The highest BCUT2D eigenvalue weighted by molar-refractivity contribution is 7.98. The molecule has 1 fully saturated rings. The summed E-state index contributed by atoms with van der Waals surface area (Å²) in [6.07, 6.45) is 3.76. The van der Waals surface area contributed by atoms with Crippen molar-refractivity contribution in [2.75, 3.05) is 26.9 Å². The maximum Gasteiger partial charge on any atom is 0.245 e. The van der Waals surface area contributed by atoms with Gasteiger partial charge in [-0.15, -0.1) is 10.2 Å². The molecule has 2 atom stereocenters. The molecule has 1 aliphatic rings. The van der Waals surface area contributed by atoms with Crippen molar-refractivity contribution in [3.63, 3.8) is 0 Å². The molecule has 6 nitrogen and oxygen atoms in total. The second-order valence-corrected chi connectivity index (χ2v) is 7.48. The van der Waals surface area contributed by atoms with Crippen LogP contribution in [-0.2, 0) is 11.8 Å². The first-order valence-corrected chi connectivity index (χ1v) is 9.82. The normalized spacial score (nSPS) is 18.5. The standard InChI is InChI=1S/C18H24FN5OS/c1-22(2)15(12-7-9-13(19)10-8-12)17(25)24-11-5-6-14(24)16-20-21-18(26-4)23(16)3/h7-10,14-15H,5-6,11H2,1-4H3/t14-,15+/m1/s1. The molecule has 1 amide bonds. The molecule has 3 rings (SSSR count). The van der Waals surface area contributed by atoms with Gasteiger partial charge in [-0.05, 0) is 50.9 Å². The number of hydrogen-bond donors (Lipinski definition) is 0. The minimum Gasteiger partial charge on any atom is -0.331 e. The van der Waals surface area contributed by atoms with Crippen molar-refractivity contribution in [1.82, 2.24) is 24.6 Å². The zero-order valence-electron chi connectivity index (χ0n) is 15.5. The van der Waals surface area contributed by atoms with E-state index in [-0.39, 0.29) is 17.8 Å². The minimum atomic E-state index is -0.454. The summed E-state index contributed by atoms with van der Waals surface area (Å²) in [5, 5.41) is 9.37. The molecular weight excluding hydrogens is 353 g/mol. The first-order chi connectivity index (χ1) is 12.4. The average Bonchev–Trinajstić information content (AvgIpc) is 3.22. The van der Waals surface area contributed by atoms with Crippen LogP contribution in [0.15, 0.2) is 29.4 Å². The van der Waals surface area contributed by atoms with Gasteiger partial charge < -0.3 is 9.47 Å². The van der Waals surface area contributed by atoms with Gasteiger partial charge in [0.2, 0.25) is 5.91 Å². The van der Waals surface area contributed by atoms with Crippen LogP contribution in [0.4, 0.5) is 4.39 Å². The molecule has 1 aliphatic heterocycles. The number of carbonyl (C=O) groups excluding carboxylic acids is 1. The summed E-state index contributed by atoms with van der Waals surface area (Å²) in [5.74, 6) is 0.524. The lowest BCUT2D eigenvalue weighted by molar-refractivity contribution is -0.137. The molecule has 2 heterocycles. The minimum absolute atomic E-state index is 0.0119. The summed E-state index contributed by atoms with van der Waals surface area (Å²) in [7, 11) is 5.67. The van der Waals surface area contributed by atoms with Crippen molar-refractivity contribution in [2.24, 2.45) is 7.05 Å². The Kier molecular flexibility index (Phi) is 5.62. The van der Waals surface area contributed by atoms with Gasteiger partial charge in [0.15, 0.2) is 11.0 Å². The number of thioether (sulfide) groups is 1. The van der Waals surface area contributed by atoms with Gasteiger partial charge in [-0.3, -0.25) is 9.69 Å². The Morgan fingerprint density at radius 2 is 2.00 bits per heavy atom. The van der Waals surface area contributed by atoms with E-state index in [9.17, 15) is 9.18 Å². The average molecular weight is 377 g/mol. The summed E-state index contributed by atoms with van der Waals surface area (Å²) in [6.45, 7) is 0.691.